The van der Waals surface area contributed by atoms with Crippen molar-refractivity contribution in [2.75, 3.05) is 0 Å². The number of hydrogen-bond acceptors (Lipinski definition) is 3. The number of nitrogens with one attached hydrogen (secondary N) is 1. The molecule has 0 saturated carbocycles. The number of fused-ring (bicyclic) bond motifs is 3. The number of hydrogen-bond donors (Lipinski definition) is 1. The average molecular weight is 493 g/mol. The number of benzene rings is 4. The molecule has 0 bridgehead atoms. The number of nitrogens with zero attached hydrogens (tertiary/aromatic N) is 3. The predicted octanol–water partition coefficient (Wildman–Crippen LogP) is 7.33. The van der Waals surface area contributed by atoms with Crippen LogP contribution in [0.25, 0.3) is 22.7 Å². The highest BCUT2D eigenvalue weighted by Gasteiger charge is 2.23. The molecule has 4 heteroatoms. The third-order valence-corrected chi connectivity index (χ3v) is 7.39. The van der Waals surface area contributed by atoms with Gasteiger partial charge in [-0.25, -0.2) is 9.98 Å². The molecule has 2 atom stereocenters. The second-order valence-electron chi connectivity index (χ2n) is 10.0. The molecule has 5 aromatic rings. The minimum atomic E-state index is -0.214. The van der Waals surface area contributed by atoms with Crippen LogP contribution in [-0.4, -0.2) is 16.2 Å². The smallest absolute Gasteiger partial charge is 0.159 e. The van der Waals surface area contributed by atoms with Gasteiger partial charge in [0.1, 0.15) is 12.0 Å². The summed E-state index contributed by atoms with van der Waals surface area (Å²) in [6, 6.07) is 38.0. The molecular weight excluding hydrogens is 464 g/mol. The SMILES string of the molecule is CC1C=Cc2c(n(-c3cccc(C4=NC(c5ccccc5)NC(c5ccccc5)=N4)c3)c3ccccc23)C1. The van der Waals surface area contributed by atoms with Crippen LogP contribution in [0.1, 0.15) is 41.0 Å². The van der Waals surface area contributed by atoms with Gasteiger partial charge in [-0.3, -0.25) is 0 Å². The highest BCUT2D eigenvalue weighted by atomic mass is 15.2. The van der Waals surface area contributed by atoms with E-state index >= 15 is 0 Å². The molecule has 184 valence electrons. The lowest BCUT2D eigenvalue weighted by Gasteiger charge is -2.24. The highest BCUT2D eigenvalue weighted by molar-refractivity contribution is 6.13. The van der Waals surface area contributed by atoms with E-state index in [1.807, 2.05) is 24.3 Å². The summed E-state index contributed by atoms with van der Waals surface area (Å²) in [5.74, 6) is 2.07. The molecule has 2 aliphatic rings. The second-order valence-corrected chi connectivity index (χ2v) is 10.0. The van der Waals surface area contributed by atoms with Gasteiger partial charge >= 0.3 is 0 Å². The molecule has 0 saturated heterocycles. The fourth-order valence-electron chi connectivity index (χ4n) is 5.54. The molecule has 0 amide bonds. The van der Waals surface area contributed by atoms with Crippen molar-refractivity contribution in [3.05, 3.63) is 143 Å². The topological polar surface area (TPSA) is 41.7 Å². The molecule has 1 aromatic heterocycles. The first kappa shape index (κ1) is 22.5. The Balaban J connectivity index is 1.37. The molecule has 1 aliphatic heterocycles. The summed E-state index contributed by atoms with van der Waals surface area (Å²) in [4.78, 5) is 10.1. The number of amidine groups is 2. The first-order valence-electron chi connectivity index (χ1n) is 13.2. The Labute approximate surface area is 222 Å². The van der Waals surface area contributed by atoms with Gasteiger partial charge in [0.25, 0.3) is 0 Å². The van der Waals surface area contributed by atoms with Crippen molar-refractivity contribution in [2.45, 2.75) is 19.5 Å². The summed E-state index contributed by atoms with van der Waals surface area (Å²) in [5, 5.41) is 4.84. The maximum absolute atomic E-state index is 5.08. The van der Waals surface area contributed by atoms with Gasteiger partial charge in [-0.1, -0.05) is 110 Å². The lowest BCUT2D eigenvalue weighted by molar-refractivity contribution is 0.674. The fraction of sp³-hybridized carbons (Fsp3) is 0.118. The molecule has 2 unspecified atom stereocenters. The first-order chi connectivity index (χ1) is 18.7. The van der Waals surface area contributed by atoms with E-state index in [-0.39, 0.29) is 6.17 Å². The summed E-state index contributed by atoms with van der Waals surface area (Å²) < 4.78 is 2.42. The number of aromatic nitrogens is 1. The van der Waals surface area contributed by atoms with Crippen LogP contribution in [0, 0.1) is 5.92 Å². The van der Waals surface area contributed by atoms with Crippen molar-refractivity contribution in [3.8, 4) is 5.69 Å². The Hall–Kier alpha value is -4.70. The summed E-state index contributed by atoms with van der Waals surface area (Å²) in [5.41, 5.74) is 8.22. The Kier molecular flexibility index (Phi) is 5.51. The standard InChI is InChI=1S/C34H28N4/c1-23-19-20-29-28-17-8-9-18-30(28)38(31(29)21-23)27-16-10-15-26(22-27)34-36-32(24-11-4-2-5-12-24)35-33(37-34)25-13-6-3-7-14-25/h2-20,22-23,32H,21H2,1H3,(H,35,36,37). The van der Waals surface area contributed by atoms with Crippen molar-refractivity contribution in [1.82, 2.24) is 9.88 Å². The van der Waals surface area contributed by atoms with Crippen LogP contribution in [-0.2, 0) is 6.42 Å². The molecule has 38 heavy (non-hydrogen) atoms. The molecule has 1 N–H and O–H groups in total. The van der Waals surface area contributed by atoms with Gasteiger partial charge in [-0.2, -0.15) is 0 Å². The zero-order valence-corrected chi connectivity index (χ0v) is 21.3. The third-order valence-electron chi connectivity index (χ3n) is 7.39. The van der Waals surface area contributed by atoms with Gasteiger partial charge < -0.3 is 9.88 Å². The van der Waals surface area contributed by atoms with Crippen molar-refractivity contribution in [1.29, 1.82) is 0 Å². The van der Waals surface area contributed by atoms with Crippen molar-refractivity contribution in [2.24, 2.45) is 15.9 Å². The Morgan fingerprint density at radius 3 is 2.37 bits per heavy atom. The molecule has 0 fully saturated rings. The average Bonchev–Trinajstić information content (AvgIpc) is 3.31. The summed E-state index contributed by atoms with van der Waals surface area (Å²) in [6.45, 7) is 2.28. The van der Waals surface area contributed by atoms with Gasteiger partial charge in [0.15, 0.2) is 5.84 Å². The second kappa shape index (κ2) is 9.31. The quantitative estimate of drug-likeness (QED) is 0.280. The van der Waals surface area contributed by atoms with Crippen LogP contribution in [0.2, 0.25) is 0 Å². The zero-order chi connectivity index (χ0) is 25.5. The lowest BCUT2D eigenvalue weighted by Crippen LogP contribution is -2.33. The van der Waals surface area contributed by atoms with Crippen LogP contribution in [0.5, 0.6) is 0 Å². The monoisotopic (exact) mass is 492 g/mol. The maximum Gasteiger partial charge on any atom is 0.159 e. The summed E-state index contributed by atoms with van der Waals surface area (Å²) in [7, 11) is 0. The maximum atomic E-state index is 5.08. The van der Waals surface area contributed by atoms with Crippen LogP contribution < -0.4 is 5.32 Å². The van der Waals surface area contributed by atoms with Gasteiger partial charge in [0.05, 0.1) is 5.52 Å². The molecule has 0 radical (unpaired) electrons. The number of aliphatic imine (C=N–C) groups is 2. The van der Waals surface area contributed by atoms with E-state index in [0.717, 1.165) is 40.5 Å². The number of allylic oxidation sites excluding steroid dienone is 1. The molecule has 0 spiro atoms. The predicted molar refractivity (Wildman–Crippen MR) is 157 cm³/mol. The molecule has 4 nitrogen and oxygen atoms in total. The van der Waals surface area contributed by atoms with Crippen molar-refractivity contribution >= 4 is 28.7 Å². The van der Waals surface area contributed by atoms with Crippen LogP contribution >= 0.6 is 0 Å². The Morgan fingerprint density at radius 1 is 0.789 bits per heavy atom. The summed E-state index contributed by atoms with van der Waals surface area (Å²) >= 11 is 0. The highest BCUT2D eigenvalue weighted by Crippen LogP contribution is 2.35. The molecule has 4 aromatic carbocycles. The Morgan fingerprint density at radius 2 is 1.53 bits per heavy atom. The minimum Gasteiger partial charge on any atom is -0.344 e. The lowest BCUT2D eigenvalue weighted by atomic mass is 9.95. The van der Waals surface area contributed by atoms with Gasteiger partial charge in [0.2, 0.25) is 0 Å². The van der Waals surface area contributed by atoms with Gasteiger partial charge in [0, 0.05) is 33.5 Å². The zero-order valence-electron chi connectivity index (χ0n) is 21.3. The van der Waals surface area contributed by atoms with E-state index < -0.39 is 0 Å². The molecule has 2 heterocycles. The van der Waals surface area contributed by atoms with Gasteiger partial charge in [-0.15, -0.1) is 0 Å². The largest absolute Gasteiger partial charge is 0.344 e. The first-order valence-corrected chi connectivity index (χ1v) is 13.2. The van der Waals surface area contributed by atoms with Crippen LogP contribution in [0.3, 0.4) is 0 Å². The van der Waals surface area contributed by atoms with E-state index in [1.165, 1.54) is 22.2 Å². The van der Waals surface area contributed by atoms with Crippen molar-refractivity contribution in [3.63, 3.8) is 0 Å². The molecule has 7 rings (SSSR count). The number of para-hydroxylation sites is 1. The fourth-order valence-corrected chi connectivity index (χ4v) is 5.54. The van der Waals surface area contributed by atoms with E-state index in [2.05, 4.69) is 114 Å². The molecule has 1 aliphatic carbocycles. The Bertz CT molecular complexity index is 1720. The normalized spacial score (nSPS) is 18.4. The minimum absolute atomic E-state index is 0.214. The van der Waals surface area contributed by atoms with E-state index in [0.29, 0.717) is 5.92 Å². The van der Waals surface area contributed by atoms with Crippen LogP contribution in [0.15, 0.2) is 125 Å². The number of rotatable bonds is 4. The van der Waals surface area contributed by atoms with E-state index in [9.17, 15) is 0 Å². The van der Waals surface area contributed by atoms with Crippen LogP contribution in [0.4, 0.5) is 0 Å². The third kappa shape index (κ3) is 3.95. The summed E-state index contributed by atoms with van der Waals surface area (Å²) in [6.07, 6.45) is 5.42. The van der Waals surface area contributed by atoms with Crippen molar-refractivity contribution < 1.29 is 0 Å². The van der Waals surface area contributed by atoms with E-state index in [4.69, 9.17) is 9.98 Å². The van der Waals surface area contributed by atoms with E-state index in [1.54, 1.807) is 0 Å². The molecular formula is C34H28N4. The van der Waals surface area contributed by atoms with Gasteiger partial charge in [-0.05, 0) is 36.1 Å².